The van der Waals surface area contributed by atoms with E-state index in [-0.39, 0.29) is 5.97 Å². The van der Waals surface area contributed by atoms with Crippen molar-refractivity contribution in [3.05, 3.63) is 77.4 Å². The zero-order valence-electron chi connectivity index (χ0n) is 17.6. The second-order valence-electron chi connectivity index (χ2n) is 8.78. The van der Waals surface area contributed by atoms with E-state index in [4.69, 9.17) is 10.00 Å². The van der Waals surface area contributed by atoms with Gasteiger partial charge >= 0.3 is 5.97 Å². The Morgan fingerprint density at radius 3 is 2.37 bits per heavy atom. The topological polar surface area (TPSA) is 50.1 Å². The first-order valence-electron chi connectivity index (χ1n) is 11.1. The van der Waals surface area contributed by atoms with Gasteiger partial charge in [-0.3, -0.25) is 0 Å². The van der Waals surface area contributed by atoms with Crippen molar-refractivity contribution in [3.8, 4) is 11.8 Å². The van der Waals surface area contributed by atoms with E-state index < -0.39 is 0 Å². The van der Waals surface area contributed by atoms with Crippen LogP contribution in [-0.2, 0) is 0 Å². The molecule has 3 nitrogen and oxygen atoms in total. The first kappa shape index (κ1) is 20.4. The van der Waals surface area contributed by atoms with Crippen LogP contribution in [0.25, 0.3) is 0 Å². The minimum atomic E-state index is -0.364. The number of hydrogen-bond donors (Lipinski definition) is 0. The first-order chi connectivity index (χ1) is 14.7. The highest BCUT2D eigenvalue weighted by Gasteiger charge is 2.35. The lowest BCUT2D eigenvalue weighted by atomic mass is 9.64. The maximum Gasteiger partial charge on any atom is 0.343 e. The maximum atomic E-state index is 12.4. The van der Waals surface area contributed by atoms with Crippen LogP contribution in [0.3, 0.4) is 0 Å². The van der Waals surface area contributed by atoms with Crippen molar-refractivity contribution in [2.75, 3.05) is 0 Å². The van der Waals surface area contributed by atoms with Crippen molar-refractivity contribution in [1.29, 1.82) is 5.26 Å². The molecule has 3 heteroatoms. The van der Waals surface area contributed by atoms with Crippen molar-refractivity contribution >= 4 is 5.97 Å². The molecule has 2 aliphatic carbocycles. The second kappa shape index (κ2) is 9.30. The summed E-state index contributed by atoms with van der Waals surface area (Å²) in [6, 6.07) is 16.6. The normalized spacial score (nSPS) is 26.0. The summed E-state index contributed by atoms with van der Waals surface area (Å²) in [5.74, 6) is 3.22. The molecule has 4 atom stereocenters. The van der Waals surface area contributed by atoms with Gasteiger partial charge in [0.15, 0.2) is 0 Å². The molecule has 0 N–H and O–H groups in total. The van der Waals surface area contributed by atoms with E-state index in [1.807, 2.05) is 12.1 Å². The van der Waals surface area contributed by atoms with Gasteiger partial charge in [-0.1, -0.05) is 24.3 Å². The molecule has 0 radical (unpaired) electrons. The Kier molecular flexibility index (Phi) is 6.33. The summed E-state index contributed by atoms with van der Waals surface area (Å²) < 4.78 is 5.43. The highest BCUT2D eigenvalue weighted by atomic mass is 16.5. The molecule has 2 aromatic rings. The Bertz CT molecular complexity index is 936. The van der Waals surface area contributed by atoms with E-state index in [1.54, 1.807) is 24.3 Å². The molecule has 2 aromatic carbocycles. The summed E-state index contributed by atoms with van der Waals surface area (Å²) in [6.07, 6.45) is 12.5. The van der Waals surface area contributed by atoms with E-state index >= 15 is 0 Å². The Morgan fingerprint density at radius 2 is 1.67 bits per heavy atom. The molecule has 0 amide bonds. The third-order valence-corrected chi connectivity index (χ3v) is 6.93. The van der Waals surface area contributed by atoms with Crippen LogP contribution in [0.1, 0.15) is 72.9 Å². The van der Waals surface area contributed by atoms with Crippen LogP contribution >= 0.6 is 0 Å². The van der Waals surface area contributed by atoms with Gasteiger partial charge in [0.25, 0.3) is 0 Å². The fraction of sp³-hybridized carbons (Fsp3) is 0.407. The van der Waals surface area contributed by atoms with Crippen molar-refractivity contribution < 1.29 is 9.53 Å². The highest BCUT2D eigenvalue weighted by Crippen LogP contribution is 2.47. The van der Waals surface area contributed by atoms with E-state index in [9.17, 15) is 4.79 Å². The summed E-state index contributed by atoms with van der Waals surface area (Å²) >= 11 is 0. The fourth-order valence-electron chi connectivity index (χ4n) is 5.33. The molecule has 30 heavy (non-hydrogen) atoms. The van der Waals surface area contributed by atoms with Crippen LogP contribution in [0.2, 0.25) is 0 Å². The molecule has 4 unspecified atom stereocenters. The highest BCUT2D eigenvalue weighted by molar-refractivity contribution is 5.91. The van der Waals surface area contributed by atoms with Crippen LogP contribution in [0, 0.1) is 29.1 Å². The van der Waals surface area contributed by atoms with Crippen LogP contribution in [0.15, 0.2) is 60.7 Å². The maximum absolute atomic E-state index is 12.4. The van der Waals surface area contributed by atoms with E-state index in [0.29, 0.717) is 22.8 Å². The lowest BCUT2D eigenvalue weighted by Gasteiger charge is -2.41. The standard InChI is InChI=1S/C27H29NO2/c1-2-3-19-4-7-25-17-24(13-12-23(25)16-19)21-8-10-22(11-9-21)27(29)30-26-14-5-20(18-28)6-15-26/h2-3,5-6,8-11,14-15,19,23-25H,4,7,12-13,16-17H2,1H3/b3-2+. The number of nitrogens with zero attached hydrogens (tertiary/aromatic N) is 1. The Labute approximate surface area is 179 Å². The van der Waals surface area contributed by atoms with Crippen molar-refractivity contribution in [3.63, 3.8) is 0 Å². The number of hydrogen-bond acceptors (Lipinski definition) is 3. The predicted octanol–water partition coefficient (Wildman–Crippen LogP) is 6.65. The largest absolute Gasteiger partial charge is 0.423 e. The number of carbonyl (C=O) groups is 1. The number of benzene rings is 2. The molecule has 2 fully saturated rings. The van der Waals surface area contributed by atoms with Crippen LogP contribution < -0.4 is 4.74 Å². The minimum absolute atomic E-state index is 0.364. The third kappa shape index (κ3) is 4.65. The van der Waals surface area contributed by atoms with Gasteiger partial charge in [-0.05, 0) is 111 Å². The first-order valence-corrected chi connectivity index (χ1v) is 11.1. The number of carbonyl (C=O) groups excluding carboxylic acids is 1. The summed E-state index contributed by atoms with van der Waals surface area (Å²) in [5.41, 5.74) is 2.45. The number of fused-ring (bicyclic) bond motifs is 1. The summed E-state index contributed by atoms with van der Waals surface area (Å²) in [5, 5.41) is 8.86. The Hall–Kier alpha value is -2.86. The van der Waals surface area contributed by atoms with Crippen LogP contribution in [-0.4, -0.2) is 5.97 Å². The van der Waals surface area contributed by atoms with Gasteiger partial charge in [0.05, 0.1) is 17.2 Å². The molecule has 0 bridgehead atoms. The van der Waals surface area contributed by atoms with Crippen molar-refractivity contribution in [1.82, 2.24) is 0 Å². The van der Waals surface area contributed by atoms with Crippen LogP contribution in [0.4, 0.5) is 0 Å². The SMILES string of the molecule is C/C=C/C1CCC2CC(c3ccc(C(=O)Oc4ccc(C#N)cc4)cc3)CCC2C1. The Balaban J connectivity index is 1.35. The molecule has 2 aliphatic rings. The van der Waals surface area contributed by atoms with Gasteiger partial charge in [0, 0.05) is 0 Å². The quantitative estimate of drug-likeness (QED) is 0.328. The number of nitriles is 1. The molecule has 2 saturated carbocycles. The number of esters is 1. The average molecular weight is 400 g/mol. The van der Waals surface area contributed by atoms with E-state index in [0.717, 1.165) is 17.8 Å². The summed E-state index contributed by atoms with van der Waals surface area (Å²) in [4.78, 5) is 12.4. The smallest absolute Gasteiger partial charge is 0.343 e. The molecule has 0 aliphatic heterocycles. The van der Waals surface area contributed by atoms with Gasteiger partial charge in [0.1, 0.15) is 5.75 Å². The zero-order chi connectivity index (χ0) is 20.9. The minimum Gasteiger partial charge on any atom is -0.423 e. The van der Waals surface area contributed by atoms with Crippen molar-refractivity contribution in [2.24, 2.45) is 17.8 Å². The van der Waals surface area contributed by atoms with Gasteiger partial charge in [-0.2, -0.15) is 5.26 Å². The monoisotopic (exact) mass is 399 g/mol. The Morgan fingerprint density at radius 1 is 0.967 bits per heavy atom. The predicted molar refractivity (Wildman–Crippen MR) is 118 cm³/mol. The van der Waals surface area contributed by atoms with E-state index in [1.165, 1.54) is 44.1 Å². The lowest BCUT2D eigenvalue weighted by Crippen LogP contribution is -2.30. The van der Waals surface area contributed by atoms with Crippen LogP contribution in [0.5, 0.6) is 5.75 Å². The van der Waals surface area contributed by atoms with E-state index in [2.05, 4.69) is 37.3 Å². The fourth-order valence-corrected chi connectivity index (χ4v) is 5.33. The van der Waals surface area contributed by atoms with Crippen molar-refractivity contribution in [2.45, 2.75) is 51.4 Å². The average Bonchev–Trinajstić information content (AvgIpc) is 2.79. The molecular formula is C27H29NO2. The second-order valence-corrected chi connectivity index (χ2v) is 8.78. The molecule has 0 saturated heterocycles. The molecule has 0 aromatic heterocycles. The summed E-state index contributed by atoms with van der Waals surface area (Å²) in [7, 11) is 0. The van der Waals surface area contributed by atoms with Gasteiger partial charge in [0.2, 0.25) is 0 Å². The summed E-state index contributed by atoms with van der Waals surface area (Å²) in [6.45, 7) is 2.13. The number of ether oxygens (including phenoxy) is 1. The molecule has 4 rings (SSSR count). The number of rotatable bonds is 4. The van der Waals surface area contributed by atoms with Gasteiger partial charge < -0.3 is 4.74 Å². The number of allylic oxidation sites excluding steroid dienone is 2. The molecule has 0 spiro atoms. The third-order valence-electron chi connectivity index (χ3n) is 6.93. The zero-order valence-corrected chi connectivity index (χ0v) is 17.6. The van der Waals surface area contributed by atoms with Gasteiger partial charge in [-0.25, -0.2) is 4.79 Å². The molecule has 154 valence electrons. The molecule has 0 heterocycles. The lowest BCUT2D eigenvalue weighted by molar-refractivity contribution is 0.0734. The van der Waals surface area contributed by atoms with Gasteiger partial charge in [-0.15, -0.1) is 0 Å². The molecular weight excluding hydrogens is 370 g/mol.